The van der Waals surface area contributed by atoms with Crippen molar-refractivity contribution in [2.75, 3.05) is 0 Å². The Bertz CT molecular complexity index is 677. The van der Waals surface area contributed by atoms with E-state index in [-0.39, 0.29) is 0 Å². The predicted octanol–water partition coefficient (Wildman–Crippen LogP) is 4.85. The molecule has 0 bridgehead atoms. The molecule has 2 aromatic rings. The van der Waals surface area contributed by atoms with Gasteiger partial charge in [0.05, 0.1) is 5.56 Å². The van der Waals surface area contributed by atoms with Crippen LogP contribution < -0.4 is 10.5 Å². The van der Waals surface area contributed by atoms with E-state index in [0.717, 1.165) is 16.9 Å². The van der Waals surface area contributed by atoms with Crippen LogP contribution in [0, 0.1) is 13.8 Å². The van der Waals surface area contributed by atoms with Gasteiger partial charge in [-0.2, -0.15) is 0 Å². The van der Waals surface area contributed by atoms with Crippen LogP contribution in [0.3, 0.4) is 0 Å². The summed E-state index contributed by atoms with van der Waals surface area (Å²) in [6.07, 6.45) is 0. The Morgan fingerprint density at radius 1 is 1.10 bits per heavy atom. The van der Waals surface area contributed by atoms with Crippen LogP contribution in [0.25, 0.3) is 0 Å². The zero-order valence-electron chi connectivity index (χ0n) is 12.9. The van der Waals surface area contributed by atoms with Gasteiger partial charge in [-0.3, -0.25) is 0 Å². The van der Waals surface area contributed by atoms with Crippen molar-refractivity contribution in [2.45, 2.75) is 33.6 Å². The van der Waals surface area contributed by atoms with Gasteiger partial charge in [0.1, 0.15) is 16.5 Å². The Morgan fingerprint density at radius 3 is 2.38 bits per heavy atom. The summed E-state index contributed by atoms with van der Waals surface area (Å²) in [5.41, 5.74) is 10.2. The zero-order valence-corrected chi connectivity index (χ0v) is 13.8. The normalized spacial score (nSPS) is 10.7. The smallest absolute Gasteiger partial charge is 0.137 e. The molecule has 2 aromatic carbocycles. The Labute approximate surface area is 131 Å². The van der Waals surface area contributed by atoms with E-state index in [4.69, 9.17) is 22.7 Å². The third kappa shape index (κ3) is 3.61. The van der Waals surface area contributed by atoms with E-state index < -0.39 is 0 Å². The van der Waals surface area contributed by atoms with Gasteiger partial charge in [-0.1, -0.05) is 43.8 Å². The molecular weight excluding hydrogens is 278 g/mol. The van der Waals surface area contributed by atoms with Gasteiger partial charge in [-0.05, 0) is 55.2 Å². The fraction of sp³-hybridized carbons (Fsp3) is 0.278. The second-order valence-corrected chi connectivity index (χ2v) is 6.08. The maximum absolute atomic E-state index is 5.97. The maximum atomic E-state index is 5.97. The number of hydrogen-bond acceptors (Lipinski definition) is 2. The van der Waals surface area contributed by atoms with Crippen molar-refractivity contribution in [3.8, 4) is 11.5 Å². The average Bonchev–Trinajstić information content (AvgIpc) is 2.40. The first-order valence-corrected chi connectivity index (χ1v) is 7.48. The number of nitrogens with two attached hydrogens (primary N) is 1. The average molecular weight is 299 g/mol. The van der Waals surface area contributed by atoms with E-state index in [1.165, 1.54) is 11.1 Å². The molecule has 0 heterocycles. The molecule has 110 valence electrons. The van der Waals surface area contributed by atoms with Crippen molar-refractivity contribution in [2.24, 2.45) is 5.73 Å². The van der Waals surface area contributed by atoms with Crippen LogP contribution in [-0.4, -0.2) is 4.99 Å². The van der Waals surface area contributed by atoms with Crippen LogP contribution in [0.5, 0.6) is 11.5 Å². The minimum Gasteiger partial charge on any atom is -0.457 e. The SMILES string of the molecule is Cc1ccc(Oc2ccc(C(C)C)c(C)c2)c(C(N)=S)c1. The number of benzene rings is 2. The number of thiocarbonyl (C=S) groups is 1. The van der Waals surface area contributed by atoms with Crippen molar-refractivity contribution >= 4 is 17.2 Å². The third-order valence-electron chi connectivity index (χ3n) is 3.49. The van der Waals surface area contributed by atoms with Crippen LogP contribution in [0.4, 0.5) is 0 Å². The minimum absolute atomic E-state index is 0.351. The standard InChI is InChI=1S/C18H21NOS/c1-11(2)15-7-6-14(10-13(15)4)20-17-8-5-12(3)9-16(17)18(19)21/h5-11H,1-4H3,(H2,19,21). The predicted molar refractivity (Wildman–Crippen MR) is 92.4 cm³/mol. The van der Waals surface area contributed by atoms with Crippen LogP contribution in [-0.2, 0) is 0 Å². The molecule has 2 rings (SSSR count). The summed E-state index contributed by atoms with van der Waals surface area (Å²) in [5, 5.41) is 0. The van der Waals surface area contributed by atoms with Crippen molar-refractivity contribution < 1.29 is 4.74 Å². The molecule has 0 aliphatic carbocycles. The lowest BCUT2D eigenvalue weighted by molar-refractivity contribution is 0.481. The summed E-state index contributed by atoms with van der Waals surface area (Å²) in [6.45, 7) is 8.49. The second kappa shape index (κ2) is 6.27. The van der Waals surface area contributed by atoms with Crippen molar-refractivity contribution in [3.63, 3.8) is 0 Å². The van der Waals surface area contributed by atoms with E-state index in [1.54, 1.807) is 0 Å². The molecule has 0 atom stereocenters. The highest BCUT2D eigenvalue weighted by Crippen LogP contribution is 2.29. The minimum atomic E-state index is 0.351. The van der Waals surface area contributed by atoms with Gasteiger partial charge in [0, 0.05) is 0 Å². The van der Waals surface area contributed by atoms with Crippen LogP contribution >= 0.6 is 12.2 Å². The maximum Gasteiger partial charge on any atom is 0.137 e. The molecule has 0 saturated heterocycles. The van der Waals surface area contributed by atoms with Crippen molar-refractivity contribution in [1.82, 2.24) is 0 Å². The van der Waals surface area contributed by atoms with Crippen molar-refractivity contribution in [3.05, 3.63) is 58.7 Å². The molecule has 0 aromatic heterocycles. The molecule has 3 heteroatoms. The lowest BCUT2D eigenvalue weighted by Gasteiger charge is -2.14. The largest absolute Gasteiger partial charge is 0.457 e. The van der Waals surface area contributed by atoms with Crippen LogP contribution in [0.1, 0.15) is 42.0 Å². The number of hydrogen-bond donors (Lipinski definition) is 1. The third-order valence-corrected chi connectivity index (χ3v) is 3.71. The Balaban J connectivity index is 2.35. The quantitative estimate of drug-likeness (QED) is 0.819. The van der Waals surface area contributed by atoms with Crippen molar-refractivity contribution in [1.29, 1.82) is 0 Å². The molecule has 0 aliphatic rings. The monoisotopic (exact) mass is 299 g/mol. The van der Waals surface area contributed by atoms with Gasteiger partial charge in [-0.25, -0.2) is 0 Å². The molecule has 0 spiro atoms. The van der Waals surface area contributed by atoms with E-state index in [1.807, 2.05) is 31.2 Å². The highest BCUT2D eigenvalue weighted by molar-refractivity contribution is 7.80. The molecular formula is C18H21NOS. The molecule has 0 saturated carbocycles. The Morgan fingerprint density at radius 2 is 1.81 bits per heavy atom. The molecule has 0 radical (unpaired) electrons. The first-order chi connectivity index (χ1) is 9.88. The molecule has 2 nitrogen and oxygen atoms in total. The van der Waals surface area contributed by atoms with E-state index in [0.29, 0.717) is 16.7 Å². The number of aryl methyl sites for hydroxylation is 2. The van der Waals surface area contributed by atoms with Crippen LogP contribution in [0.2, 0.25) is 0 Å². The van der Waals surface area contributed by atoms with E-state index in [9.17, 15) is 0 Å². The molecule has 0 aliphatic heterocycles. The first kappa shape index (κ1) is 15.5. The van der Waals surface area contributed by atoms with Gasteiger partial charge >= 0.3 is 0 Å². The second-order valence-electron chi connectivity index (χ2n) is 5.64. The number of rotatable bonds is 4. The molecule has 2 N–H and O–H groups in total. The van der Waals surface area contributed by atoms with Gasteiger partial charge in [0.2, 0.25) is 0 Å². The molecule has 0 amide bonds. The summed E-state index contributed by atoms with van der Waals surface area (Å²) >= 11 is 5.10. The summed E-state index contributed by atoms with van der Waals surface area (Å²) in [4.78, 5) is 0.351. The fourth-order valence-corrected chi connectivity index (χ4v) is 2.57. The summed E-state index contributed by atoms with van der Waals surface area (Å²) in [7, 11) is 0. The first-order valence-electron chi connectivity index (χ1n) is 7.07. The van der Waals surface area contributed by atoms with Crippen LogP contribution in [0.15, 0.2) is 36.4 Å². The number of ether oxygens (including phenoxy) is 1. The van der Waals surface area contributed by atoms with Gasteiger partial charge in [-0.15, -0.1) is 0 Å². The Kier molecular flexibility index (Phi) is 4.63. The fourth-order valence-electron chi connectivity index (χ4n) is 2.41. The summed E-state index contributed by atoms with van der Waals surface area (Å²) < 4.78 is 5.97. The molecule has 0 unspecified atom stereocenters. The lowest BCUT2D eigenvalue weighted by Crippen LogP contribution is -2.11. The Hall–Kier alpha value is -1.87. The van der Waals surface area contributed by atoms with Gasteiger partial charge in [0.25, 0.3) is 0 Å². The molecule has 21 heavy (non-hydrogen) atoms. The highest BCUT2D eigenvalue weighted by Gasteiger charge is 2.10. The van der Waals surface area contributed by atoms with Gasteiger partial charge < -0.3 is 10.5 Å². The summed E-state index contributed by atoms with van der Waals surface area (Å²) in [6, 6.07) is 12.0. The zero-order chi connectivity index (χ0) is 15.6. The molecule has 0 fully saturated rings. The van der Waals surface area contributed by atoms with E-state index >= 15 is 0 Å². The topological polar surface area (TPSA) is 35.2 Å². The highest BCUT2D eigenvalue weighted by atomic mass is 32.1. The summed E-state index contributed by atoms with van der Waals surface area (Å²) in [5.74, 6) is 2.01. The van der Waals surface area contributed by atoms with E-state index in [2.05, 4.69) is 32.9 Å². The lowest BCUT2D eigenvalue weighted by atomic mass is 9.98. The van der Waals surface area contributed by atoms with Gasteiger partial charge in [0.15, 0.2) is 0 Å².